The van der Waals surface area contributed by atoms with Gasteiger partial charge in [-0.05, 0) is 12.1 Å². The lowest BCUT2D eigenvalue weighted by Gasteiger charge is -1.89. The summed E-state index contributed by atoms with van der Waals surface area (Å²) in [6, 6.07) is 3.02. The molecule has 0 heterocycles. The summed E-state index contributed by atoms with van der Waals surface area (Å²) in [7, 11) is 0. The third-order valence-corrected chi connectivity index (χ3v) is 1.38. The molecule has 0 saturated heterocycles. The lowest BCUT2D eigenvalue weighted by atomic mass is 10.2. The molecule has 0 unspecified atom stereocenters. The van der Waals surface area contributed by atoms with E-state index in [1.54, 1.807) is 0 Å². The third kappa shape index (κ3) is 1.98. The van der Waals surface area contributed by atoms with Gasteiger partial charge in [-0.1, -0.05) is 0 Å². The molecule has 0 amide bonds. The van der Waals surface area contributed by atoms with E-state index in [0.717, 1.165) is 24.3 Å². The summed E-state index contributed by atoms with van der Waals surface area (Å²) in [5.74, 6) is 0. The van der Waals surface area contributed by atoms with Gasteiger partial charge in [0.2, 0.25) is 0 Å². The van der Waals surface area contributed by atoms with Gasteiger partial charge < -0.3 is 5.26 Å². The lowest BCUT2D eigenvalue weighted by Crippen LogP contribution is -2.01. The van der Waals surface area contributed by atoms with Crippen molar-refractivity contribution in [2.45, 2.75) is 0 Å². The fourth-order valence-electron chi connectivity index (χ4n) is 0.762. The van der Waals surface area contributed by atoms with Crippen molar-refractivity contribution in [3.05, 3.63) is 39.9 Å². The van der Waals surface area contributed by atoms with Crippen LogP contribution in [0.5, 0.6) is 0 Å². The highest BCUT2D eigenvalue weighted by Crippen LogP contribution is 2.12. The van der Waals surface area contributed by atoms with Crippen molar-refractivity contribution in [2.75, 3.05) is 0 Å². The fraction of sp³-hybridized carbons (Fsp3) is 0. The largest absolute Gasteiger partial charge is 0.540 e. The molecular weight excluding hydrogens is 181 g/mol. The van der Waals surface area contributed by atoms with Gasteiger partial charge >= 0.3 is 6.04 Å². The van der Waals surface area contributed by atoms with Gasteiger partial charge in [-0.15, -0.1) is 8.97 Å². The molecule has 0 spiro atoms. The number of carbonyl (C=O) groups excluding carboxylic acids is 1. The first-order valence-corrected chi connectivity index (χ1v) is 3.22. The van der Waals surface area contributed by atoms with Crippen LogP contribution in [0.15, 0.2) is 24.3 Å². The molecule has 0 N–H and O–H groups in total. The quantitative estimate of drug-likeness (QED) is 0.221. The monoisotopic (exact) mass is 185 g/mol. The molecule has 1 aromatic carbocycles. The summed E-state index contributed by atoms with van der Waals surface area (Å²) in [4.78, 5) is 9.54. The maximum absolute atomic E-state index is 12.4. The second kappa shape index (κ2) is 3.61. The van der Waals surface area contributed by atoms with E-state index in [2.05, 4.69) is 4.58 Å². The molecule has 5 nitrogen and oxygen atoms in total. The van der Waals surface area contributed by atoms with Gasteiger partial charge in [0.25, 0.3) is 5.69 Å². The topological polar surface area (TPSA) is 77.5 Å². The van der Waals surface area contributed by atoms with E-state index in [1.165, 1.54) is 0 Å². The van der Waals surface area contributed by atoms with Crippen LogP contribution in [-0.2, 0) is 0 Å². The minimum atomic E-state index is -1.31. The van der Waals surface area contributed by atoms with Gasteiger partial charge in [-0.25, -0.2) is 0 Å². The Morgan fingerprint density at radius 2 is 1.92 bits per heavy atom. The van der Waals surface area contributed by atoms with Crippen LogP contribution in [0.25, 0.3) is 0 Å². The maximum Gasteiger partial charge on any atom is 0.540 e. The predicted octanol–water partition coefficient (Wildman–Crippen LogP) is 0.515. The van der Waals surface area contributed by atoms with Gasteiger partial charge in [-0.3, -0.25) is 10.1 Å². The molecule has 1 aromatic rings. The number of halogens is 1. The normalized spacial score (nSPS) is 11.3. The maximum atomic E-state index is 12.4. The molecule has 0 radical (unpaired) electrons. The summed E-state index contributed by atoms with van der Waals surface area (Å²) < 4.78 is 15.5. The Balaban J connectivity index is 3.00. The van der Waals surface area contributed by atoms with Crippen LogP contribution in [0.4, 0.5) is 10.1 Å². The highest BCUT2D eigenvalue weighted by Gasteiger charge is 2.14. The SMILES string of the molecule is O=[N+]([O-])c1ccc(C(F)=[O+][O-])cc1. The Hall–Kier alpha value is -1.98. The molecule has 0 aliphatic heterocycles. The summed E-state index contributed by atoms with van der Waals surface area (Å²) in [5, 5.41) is 19.8. The van der Waals surface area contributed by atoms with Crippen molar-refractivity contribution in [3.8, 4) is 0 Å². The molecule has 68 valence electrons. The van der Waals surface area contributed by atoms with E-state index in [1.807, 2.05) is 0 Å². The Labute approximate surface area is 71.8 Å². The van der Waals surface area contributed by atoms with Crippen LogP contribution in [0.2, 0.25) is 0 Å². The summed E-state index contributed by atoms with van der Waals surface area (Å²) in [5.41, 5.74) is -0.303. The van der Waals surface area contributed by atoms with Crippen molar-refractivity contribution >= 4 is 11.7 Å². The van der Waals surface area contributed by atoms with E-state index < -0.39 is 11.0 Å². The molecule has 0 aliphatic carbocycles. The molecule has 13 heavy (non-hydrogen) atoms. The zero-order valence-corrected chi connectivity index (χ0v) is 6.27. The van der Waals surface area contributed by atoms with Gasteiger partial charge in [-0.2, -0.15) is 0 Å². The Bertz CT molecular complexity index is 346. The van der Waals surface area contributed by atoms with E-state index in [0.29, 0.717) is 0 Å². The number of benzene rings is 1. The Kier molecular flexibility index (Phi) is 2.53. The average Bonchev–Trinajstić information content (AvgIpc) is 2.17. The molecule has 0 aromatic heterocycles. The van der Waals surface area contributed by atoms with Crippen LogP contribution < -0.4 is 5.26 Å². The highest BCUT2D eigenvalue weighted by atomic mass is 19.1. The standard InChI is InChI=1S/C7H4FNO4/c8-7(13-12)5-1-3-6(4-2-5)9(10)11/h1-4H. The molecular formula is C7H4FNO4. The second-order valence-corrected chi connectivity index (χ2v) is 2.16. The van der Waals surface area contributed by atoms with Crippen molar-refractivity contribution in [2.24, 2.45) is 0 Å². The van der Waals surface area contributed by atoms with Crippen LogP contribution in [0.1, 0.15) is 10.1 Å². The number of nitro groups is 1. The minimum absolute atomic E-state index is 0.124. The first kappa shape index (κ1) is 9.11. The van der Waals surface area contributed by atoms with E-state index in [9.17, 15) is 19.8 Å². The number of hydrogen-bond donors (Lipinski definition) is 0. The van der Waals surface area contributed by atoms with Crippen LogP contribution in [0, 0.1) is 10.1 Å². The summed E-state index contributed by atoms with van der Waals surface area (Å²) >= 11 is 0. The molecule has 0 fully saturated rings. The van der Waals surface area contributed by atoms with Crippen molar-refractivity contribution in [3.63, 3.8) is 0 Å². The first-order valence-electron chi connectivity index (χ1n) is 3.22. The van der Waals surface area contributed by atoms with Gasteiger partial charge in [0.15, 0.2) is 0 Å². The molecule has 0 atom stereocenters. The number of nitro benzene ring substituents is 1. The van der Waals surface area contributed by atoms with Gasteiger partial charge in [0, 0.05) is 12.1 Å². The smallest absolute Gasteiger partial charge is 0.459 e. The Morgan fingerprint density at radius 1 is 1.38 bits per heavy atom. The van der Waals surface area contributed by atoms with Crippen LogP contribution in [-0.4, -0.2) is 11.0 Å². The summed E-state index contributed by atoms with van der Waals surface area (Å²) in [6.07, 6.45) is 0. The fourth-order valence-corrected chi connectivity index (χ4v) is 0.762. The average molecular weight is 185 g/mol. The lowest BCUT2D eigenvalue weighted by molar-refractivity contribution is -0.939. The summed E-state index contributed by atoms with van der Waals surface area (Å²) in [6.45, 7) is 0. The number of rotatable bonds is 2. The van der Waals surface area contributed by atoms with Crippen LogP contribution >= 0.6 is 0 Å². The Morgan fingerprint density at radius 3 is 2.31 bits per heavy atom. The minimum Gasteiger partial charge on any atom is -0.459 e. The second-order valence-electron chi connectivity index (χ2n) is 2.16. The third-order valence-electron chi connectivity index (χ3n) is 1.38. The molecule has 0 aliphatic rings. The van der Waals surface area contributed by atoms with E-state index >= 15 is 0 Å². The molecule has 1 rings (SSSR count). The zero-order valence-electron chi connectivity index (χ0n) is 6.27. The van der Waals surface area contributed by atoms with Crippen LogP contribution in [0.3, 0.4) is 0 Å². The number of hydrogen-bond acceptors (Lipinski definition) is 3. The number of non-ortho nitro benzene ring substituents is 1. The molecule has 6 heteroatoms. The number of nitrogens with zero attached hydrogens (tertiary/aromatic N) is 1. The van der Waals surface area contributed by atoms with E-state index in [4.69, 9.17) is 0 Å². The van der Waals surface area contributed by atoms with Gasteiger partial charge in [0.05, 0.1) is 4.92 Å². The van der Waals surface area contributed by atoms with Crippen molar-refractivity contribution < 1.29 is 19.1 Å². The van der Waals surface area contributed by atoms with Gasteiger partial charge in [0.1, 0.15) is 5.56 Å². The van der Waals surface area contributed by atoms with Crippen molar-refractivity contribution in [1.82, 2.24) is 0 Å². The molecule has 0 saturated carbocycles. The predicted molar refractivity (Wildman–Crippen MR) is 38.5 cm³/mol. The van der Waals surface area contributed by atoms with Crippen molar-refractivity contribution in [1.29, 1.82) is 0 Å². The zero-order chi connectivity index (χ0) is 9.84. The highest BCUT2D eigenvalue weighted by molar-refractivity contribution is 5.88. The van der Waals surface area contributed by atoms with E-state index in [-0.39, 0.29) is 11.3 Å². The first-order chi connectivity index (χ1) is 6.15. The molecule has 0 bridgehead atoms.